The number of amides is 1. The van der Waals surface area contributed by atoms with E-state index in [2.05, 4.69) is 18.2 Å². The lowest BCUT2D eigenvalue weighted by Crippen LogP contribution is -2.30. The lowest BCUT2D eigenvalue weighted by atomic mass is 10.0. The molecule has 1 aliphatic heterocycles. The fourth-order valence-electron chi connectivity index (χ4n) is 3.30. The number of nitrogens with zero attached hydrogens (tertiary/aromatic N) is 1. The van der Waals surface area contributed by atoms with E-state index in [-0.39, 0.29) is 11.9 Å². The fourth-order valence-corrected chi connectivity index (χ4v) is 3.30. The van der Waals surface area contributed by atoms with Crippen LogP contribution in [0.2, 0.25) is 0 Å². The number of methoxy groups -OCH3 is 1. The van der Waals surface area contributed by atoms with E-state index < -0.39 is 0 Å². The van der Waals surface area contributed by atoms with Crippen LogP contribution in [0, 0.1) is 0 Å². The summed E-state index contributed by atoms with van der Waals surface area (Å²) in [5.41, 5.74) is 2.40. The van der Waals surface area contributed by atoms with Crippen molar-refractivity contribution in [2.45, 2.75) is 31.7 Å². The van der Waals surface area contributed by atoms with Crippen LogP contribution in [-0.2, 0) is 11.2 Å². The Kier molecular flexibility index (Phi) is 4.96. The number of ether oxygens (including phenoxy) is 1. The molecule has 3 rings (SSSR count). The molecule has 0 bridgehead atoms. The fraction of sp³-hybridized carbons (Fsp3) is 0.350. The second-order valence-corrected chi connectivity index (χ2v) is 6.01. The summed E-state index contributed by atoms with van der Waals surface area (Å²) < 4.78 is 5.31. The van der Waals surface area contributed by atoms with Crippen LogP contribution in [0.15, 0.2) is 54.6 Å². The summed E-state index contributed by atoms with van der Waals surface area (Å²) >= 11 is 0. The molecule has 2 aromatic rings. The smallest absolute Gasteiger partial charge is 0.223 e. The van der Waals surface area contributed by atoms with Crippen LogP contribution in [0.1, 0.15) is 36.4 Å². The quantitative estimate of drug-likeness (QED) is 0.835. The zero-order valence-corrected chi connectivity index (χ0v) is 13.6. The minimum absolute atomic E-state index is 0.188. The van der Waals surface area contributed by atoms with Gasteiger partial charge in [0.15, 0.2) is 0 Å². The van der Waals surface area contributed by atoms with Gasteiger partial charge in [0.05, 0.1) is 13.2 Å². The van der Waals surface area contributed by atoms with E-state index >= 15 is 0 Å². The summed E-state index contributed by atoms with van der Waals surface area (Å²) in [6, 6.07) is 18.5. The molecule has 0 aliphatic carbocycles. The molecule has 3 nitrogen and oxygen atoms in total. The van der Waals surface area contributed by atoms with Crippen molar-refractivity contribution in [1.29, 1.82) is 0 Å². The minimum atomic E-state index is 0.188. The Balaban J connectivity index is 1.67. The van der Waals surface area contributed by atoms with E-state index in [0.29, 0.717) is 6.42 Å². The zero-order chi connectivity index (χ0) is 16.1. The van der Waals surface area contributed by atoms with Crippen molar-refractivity contribution >= 4 is 5.91 Å². The molecule has 0 radical (unpaired) electrons. The predicted molar refractivity (Wildman–Crippen MR) is 91.4 cm³/mol. The van der Waals surface area contributed by atoms with Crippen molar-refractivity contribution in [2.24, 2.45) is 0 Å². The Morgan fingerprint density at radius 1 is 1.17 bits per heavy atom. The van der Waals surface area contributed by atoms with E-state index in [0.717, 1.165) is 31.6 Å². The van der Waals surface area contributed by atoms with Crippen LogP contribution in [0.25, 0.3) is 0 Å². The van der Waals surface area contributed by atoms with Crippen molar-refractivity contribution < 1.29 is 9.53 Å². The topological polar surface area (TPSA) is 29.5 Å². The van der Waals surface area contributed by atoms with Gasteiger partial charge in [-0.2, -0.15) is 0 Å². The molecule has 0 saturated carbocycles. The summed E-state index contributed by atoms with van der Waals surface area (Å²) in [5, 5.41) is 0. The van der Waals surface area contributed by atoms with Crippen LogP contribution in [0.3, 0.4) is 0 Å². The highest BCUT2D eigenvalue weighted by molar-refractivity contribution is 5.77. The third-order valence-electron chi connectivity index (χ3n) is 4.52. The van der Waals surface area contributed by atoms with E-state index in [1.54, 1.807) is 7.11 Å². The molecule has 23 heavy (non-hydrogen) atoms. The molecule has 0 N–H and O–H groups in total. The number of aryl methyl sites for hydroxylation is 1. The number of benzene rings is 2. The van der Waals surface area contributed by atoms with Crippen LogP contribution in [-0.4, -0.2) is 24.5 Å². The van der Waals surface area contributed by atoms with Gasteiger partial charge in [0.2, 0.25) is 5.91 Å². The van der Waals surface area contributed by atoms with Gasteiger partial charge in [-0.05, 0) is 42.5 Å². The highest BCUT2D eigenvalue weighted by atomic mass is 16.5. The molecule has 1 heterocycles. The van der Waals surface area contributed by atoms with E-state index in [1.165, 1.54) is 11.1 Å². The number of carbonyl (C=O) groups excluding carboxylic acids is 1. The Bertz CT molecular complexity index is 654. The van der Waals surface area contributed by atoms with Crippen molar-refractivity contribution in [2.75, 3.05) is 13.7 Å². The Morgan fingerprint density at radius 2 is 2.00 bits per heavy atom. The largest absolute Gasteiger partial charge is 0.497 e. The number of hydrogen-bond donors (Lipinski definition) is 0. The first-order valence-electron chi connectivity index (χ1n) is 8.25. The number of hydrogen-bond acceptors (Lipinski definition) is 2. The predicted octanol–water partition coefficient (Wildman–Crippen LogP) is 3.99. The van der Waals surface area contributed by atoms with Gasteiger partial charge in [0, 0.05) is 13.0 Å². The van der Waals surface area contributed by atoms with Crippen molar-refractivity contribution in [1.82, 2.24) is 4.90 Å². The maximum atomic E-state index is 12.7. The monoisotopic (exact) mass is 309 g/mol. The molecule has 1 aliphatic rings. The Labute approximate surface area is 137 Å². The van der Waals surface area contributed by atoms with Gasteiger partial charge in [-0.1, -0.05) is 42.5 Å². The highest BCUT2D eigenvalue weighted by Crippen LogP contribution is 2.33. The third kappa shape index (κ3) is 3.73. The zero-order valence-electron chi connectivity index (χ0n) is 13.6. The molecule has 1 amide bonds. The summed E-state index contributed by atoms with van der Waals surface area (Å²) in [6.07, 6.45) is 3.48. The number of carbonyl (C=O) groups is 1. The summed E-state index contributed by atoms with van der Waals surface area (Å²) in [5.74, 6) is 1.10. The lowest BCUT2D eigenvalue weighted by molar-refractivity contribution is -0.132. The number of rotatable bonds is 5. The van der Waals surface area contributed by atoms with Gasteiger partial charge in [-0.15, -0.1) is 0 Å². The highest BCUT2D eigenvalue weighted by Gasteiger charge is 2.29. The van der Waals surface area contributed by atoms with Gasteiger partial charge in [-0.25, -0.2) is 0 Å². The van der Waals surface area contributed by atoms with E-state index in [4.69, 9.17) is 4.74 Å². The minimum Gasteiger partial charge on any atom is -0.497 e. The first-order chi connectivity index (χ1) is 11.3. The molecule has 2 aromatic carbocycles. The van der Waals surface area contributed by atoms with Crippen molar-refractivity contribution in [3.8, 4) is 5.75 Å². The SMILES string of the molecule is COc1cccc(C2CCCN2C(=O)CCc2ccccc2)c1. The molecular formula is C20H23NO2. The average Bonchev–Trinajstić information content (AvgIpc) is 3.10. The standard InChI is InChI=1S/C20H23NO2/c1-23-18-10-5-9-17(15-18)19-11-6-14-21(19)20(22)13-12-16-7-3-2-4-8-16/h2-5,7-10,15,19H,6,11-14H2,1H3. The van der Waals surface area contributed by atoms with Gasteiger partial charge in [0.1, 0.15) is 5.75 Å². The second kappa shape index (κ2) is 7.32. The Morgan fingerprint density at radius 3 is 2.78 bits per heavy atom. The van der Waals surface area contributed by atoms with Gasteiger partial charge in [0.25, 0.3) is 0 Å². The summed E-state index contributed by atoms with van der Waals surface area (Å²) in [4.78, 5) is 14.7. The van der Waals surface area contributed by atoms with Gasteiger partial charge < -0.3 is 9.64 Å². The third-order valence-corrected chi connectivity index (χ3v) is 4.52. The van der Waals surface area contributed by atoms with Crippen LogP contribution >= 0.6 is 0 Å². The normalized spacial score (nSPS) is 17.3. The maximum absolute atomic E-state index is 12.7. The maximum Gasteiger partial charge on any atom is 0.223 e. The lowest BCUT2D eigenvalue weighted by Gasteiger charge is -2.25. The molecule has 120 valence electrons. The van der Waals surface area contributed by atoms with Crippen LogP contribution < -0.4 is 4.74 Å². The summed E-state index contributed by atoms with van der Waals surface area (Å²) in [6.45, 7) is 0.857. The second-order valence-electron chi connectivity index (χ2n) is 6.01. The van der Waals surface area contributed by atoms with Gasteiger partial charge >= 0.3 is 0 Å². The molecule has 0 aromatic heterocycles. The Hall–Kier alpha value is -2.29. The summed E-state index contributed by atoms with van der Waals surface area (Å²) in [7, 11) is 1.68. The molecular weight excluding hydrogens is 286 g/mol. The first kappa shape index (κ1) is 15.6. The van der Waals surface area contributed by atoms with E-state index in [9.17, 15) is 4.79 Å². The van der Waals surface area contributed by atoms with Crippen molar-refractivity contribution in [3.05, 3.63) is 65.7 Å². The molecule has 3 heteroatoms. The molecule has 1 atom stereocenters. The molecule has 1 saturated heterocycles. The van der Waals surface area contributed by atoms with Gasteiger partial charge in [-0.3, -0.25) is 4.79 Å². The van der Waals surface area contributed by atoms with Crippen LogP contribution in [0.5, 0.6) is 5.75 Å². The first-order valence-corrected chi connectivity index (χ1v) is 8.25. The van der Waals surface area contributed by atoms with Crippen LogP contribution in [0.4, 0.5) is 0 Å². The number of likely N-dealkylation sites (tertiary alicyclic amines) is 1. The van der Waals surface area contributed by atoms with E-state index in [1.807, 2.05) is 41.3 Å². The average molecular weight is 309 g/mol. The van der Waals surface area contributed by atoms with Crippen molar-refractivity contribution in [3.63, 3.8) is 0 Å². The molecule has 0 spiro atoms. The molecule has 1 unspecified atom stereocenters. The molecule has 1 fully saturated rings.